The number of aliphatic hydroxyl groups is 2. The van der Waals surface area contributed by atoms with Crippen molar-refractivity contribution in [3.8, 4) is 11.8 Å². The summed E-state index contributed by atoms with van der Waals surface area (Å²) >= 11 is 1.42. The lowest BCUT2D eigenvalue weighted by atomic mass is 10.1. The van der Waals surface area contributed by atoms with E-state index in [0.29, 0.717) is 25.1 Å². The molecule has 0 radical (unpaired) electrons. The summed E-state index contributed by atoms with van der Waals surface area (Å²) in [6, 6.07) is 1.76. The summed E-state index contributed by atoms with van der Waals surface area (Å²) in [4.78, 5) is 15.1. The van der Waals surface area contributed by atoms with E-state index in [0.717, 1.165) is 4.88 Å². The van der Waals surface area contributed by atoms with E-state index in [1.54, 1.807) is 16.3 Å². The van der Waals surface area contributed by atoms with Crippen molar-refractivity contribution in [1.82, 2.24) is 4.90 Å². The highest BCUT2D eigenvalue weighted by Crippen LogP contribution is 2.19. The summed E-state index contributed by atoms with van der Waals surface area (Å²) in [6.07, 6.45) is 0.118. The third-order valence-corrected chi connectivity index (χ3v) is 4.11. The van der Waals surface area contributed by atoms with Gasteiger partial charge in [0.2, 0.25) is 0 Å². The number of aliphatic hydroxyl groups excluding tert-OH is 2. The van der Waals surface area contributed by atoms with Gasteiger partial charge in [0, 0.05) is 18.3 Å². The normalized spacial score (nSPS) is 21.8. The fourth-order valence-corrected chi connectivity index (χ4v) is 2.85. The van der Waals surface area contributed by atoms with E-state index in [-0.39, 0.29) is 31.3 Å². The summed E-state index contributed by atoms with van der Waals surface area (Å²) in [5, 5.41) is 19.7. The minimum absolute atomic E-state index is 0.0101. The molecule has 1 aliphatic heterocycles. The van der Waals surface area contributed by atoms with Crippen LogP contribution in [0, 0.1) is 11.8 Å². The lowest BCUT2D eigenvalue weighted by Gasteiger charge is -2.37. The molecule has 0 bridgehead atoms. The van der Waals surface area contributed by atoms with E-state index in [9.17, 15) is 9.90 Å². The Morgan fingerprint density at radius 2 is 2.38 bits per heavy atom. The van der Waals surface area contributed by atoms with Crippen molar-refractivity contribution in [1.29, 1.82) is 0 Å². The third kappa shape index (κ3) is 4.05. The minimum Gasteiger partial charge on any atom is -0.395 e. The quantitative estimate of drug-likeness (QED) is 0.807. The Morgan fingerprint density at radius 1 is 1.57 bits per heavy atom. The average Bonchev–Trinajstić information content (AvgIpc) is 2.96. The number of carbonyl (C=O) groups excluding carboxylic acids is 1. The first-order valence-corrected chi connectivity index (χ1v) is 7.75. The summed E-state index contributed by atoms with van der Waals surface area (Å²) in [6.45, 7) is 2.72. The number of thiophene rings is 1. The van der Waals surface area contributed by atoms with E-state index in [4.69, 9.17) is 9.84 Å². The van der Waals surface area contributed by atoms with E-state index >= 15 is 0 Å². The second kappa shape index (κ2) is 7.57. The van der Waals surface area contributed by atoms with Crippen LogP contribution in [-0.4, -0.2) is 59.5 Å². The molecule has 0 aromatic carbocycles. The molecule has 6 heteroatoms. The van der Waals surface area contributed by atoms with Gasteiger partial charge in [-0.05, 0) is 13.0 Å². The van der Waals surface area contributed by atoms with Gasteiger partial charge in [0.25, 0.3) is 5.91 Å². The Bertz CT molecular complexity index is 545. The van der Waals surface area contributed by atoms with E-state index < -0.39 is 0 Å². The fourth-order valence-electron chi connectivity index (χ4n) is 2.10. The molecular formula is C15H19NO4S. The van der Waals surface area contributed by atoms with E-state index in [1.165, 1.54) is 11.3 Å². The molecule has 2 unspecified atom stereocenters. The van der Waals surface area contributed by atoms with Crippen molar-refractivity contribution in [3.63, 3.8) is 0 Å². The van der Waals surface area contributed by atoms with Crippen molar-refractivity contribution in [3.05, 3.63) is 21.9 Å². The van der Waals surface area contributed by atoms with E-state index in [2.05, 4.69) is 11.8 Å². The van der Waals surface area contributed by atoms with Crippen molar-refractivity contribution in [2.45, 2.75) is 25.5 Å². The van der Waals surface area contributed by atoms with Crippen LogP contribution < -0.4 is 0 Å². The topological polar surface area (TPSA) is 70.0 Å². The van der Waals surface area contributed by atoms with Crippen LogP contribution in [0.4, 0.5) is 0 Å². The molecule has 1 aliphatic rings. The molecule has 0 aliphatic carbocycles. The third-order valence-electron chi connectivity index (χ3n) is 3.26. The molecule has 2 heterocycles. The first kappa shape index (κ1) is 16.0. The lowest BCUT2D eigenvalue weighted by Crippen LogP contribution is -2.51. The molecule has 1 fully saturated rings. The monoisotopic (exact) mass is 309 g/mol. The molecule has 0 spiro atoms. The predicted octanol–water partition coefficient (Wildman–Crippen LogP) is 0.704. The number of carbonyl (C=O) groups is 1. The first-order valence-electron chi connectivity index (χ1n) is 6.87. The predicted molar refractivity (Wildman–Crippen MR) is 80.2 cm³/mol. The molecule has 1 aromatic heterocycles. The summed E-state index contributed by atoms with van der Waals surface area (Å²) < 4.78 is 5.44. The van der Waals surface area contributed by atoms with Crippen molar-refractivity contribution >= 4 is 17.2 Å². The molecule has 2 atom stereocenters. The van der Waals surface area contributed by atoms with Crippen LogP contribution in [0.2, 0.25) is 0 Å². The molecule has 114 valence electrons. The highest BCUT2D eigenvalue weighted by Gasteiger charge is 2.30. The van der Waals surface area contributed by atoms with Crippen LogP contribution in [-0.2, 0) is 4.74 Å². The molecule has 5 nitrogen and oxygen atoms in total. The Hall–Kier alpha value is -1.39. The molecule has 1 aromatic rings. The van der Waals surface area contributed by atoms with Crippen LogP contribution in [0.5, 0.6) is 0 Å². The van der Waals surface area contributed by atoms with Crippen molar-refractivity contribution < 1.29 is 19.7 Å². The van der Waals surface area contributed by atoms with Crippen molar-refractivity contribution in [2.24, 2.45) is 0 Å². The number of rotatable bonds is 3. The van der Waals surface area contributed by atoms with Crippen LogP contribution in [0.25, 0.3) is 0 Å². The van der Waals surface area contributed by atoms with Gasteiger partial charge in [-0.15, -0.1) is 11.3 Å². The van der Waals surface area contributed by atoms with Crippen molar-refractivity contribution in [2.75, 3.05) is 26.4 Å². The second-order valence-corrected chi connectivity index (χ2v) is 5.83. The Morgan fingerprint density at radius 3 is 3.10 bits per heavy atom. The van der Waals surface area contributed by atoms with Crippen LogP contribution >= 0.6 is 11.3 Å². The van der Waals surface area contributed by atoms with Gasteiger partial charge in [0.05, 0.1) is 42.4 Å². The number of morpholine rings is 1. The smallest absolute Gasteiger partial charge is 0.255 e. The number of nitrogens with zero attached hydrogens (tertiary/aromatic N) is 1. The molecular weight excluding hydrogens is 290 g/mol. The van der Waals surface area contributed by atoms with Gasteiger partial charge in [-0.3, -0.25) is 4.79 Å². The number of hydrogen-bond acceptors (Lipinski definition) is 5. The van der Waals surface area contributed by atoms with Crippen LogP contribution in [0.1, 0.15) is 28.6 Å². The Labute approximate surface area is 128 Å². The van der Waals surface area contributed by atoms with Gasteiger partial charge in [-0.2, -0.15) is 0 Å². The second-order valence-electron chi connectivity index (χ2n) is 4.92. The van der Waals surface area contributed by atoms with Gasteiger partial charge in [-0.25, -0.2) is 0 Å². The maximum absolute atomic E-state index is 12.5. The Kier molecular flexibility index (Phi) is 5.76. The van der Waals surface area contributed by atoms with Gasteiger partial charge >= 0.3 is 0 Å². The zero-order chi connectivity index (χ0) is 15.2. The summed E-state index contributed by atoms with van der Waals surface area (Å²) in [5.74, 6) is 5.71. The average molecular weight is 309 g/mol. The number of hydrogen-bond donors (Lipinski definition) is 2. The number of amides is 1. The van der Waals surface area contributed by atoms with Gasteiger partial charge in [0.1, 0.15) is 0 Å². The zero-order valence-corrected chi connectivity index (χ0v) is 12.7. The molecule has 1 saturated heterocycles. The fraction of sp³-hybridized carbons (Fsp3) is 0.533. The summed E-state index contributed by atoms with van der Waals surface area (Å²) in [7, 11) is 0. The first-order chi connectivity index (χ1) is 10.2. The highest BCUT2D eigenvalue weighted by molar-refractivity contribution is 7.10. The largest absolute Gasteiger partial charge is 0.395 e. The van der Waals surface area contributed by atoms with Gasteiger partial charge < -0.3 is 19.8 Å². The maximum Gasteiger partial charge on any atom is 0.255 e. The lowest BCUT2D eigenvalue weighted by molar-refractivity contribution is -0.0667. The minimum atomic E-state index is -0.312. The summed E-state index contributed by atoms with van der Waals surface area (Å²) in [5.41, 5.74) is 0.610. The maximum atomic E-state index is 12.5. The molecule has 2 N–H and O–H groups in total. The zero-order valence-electron chi connectivity index (χ0n) is 11.9. The van der Waals surface area contributed by atoms with Gasteiger partial charge in [-0.1, -0.05) is 11.8 Å². The molecule has 0 saturated carbocycles. The van der Waals surface area contributed by atoms with Gasteiger partial charge in [0.15, 0.2) is 0 Å². The Balaban J connectivity index is 2.07. The SMILES string of the molecule is CC1COC(CO)CN1C(=O)c1csc(C#CCCO)c1. The molecule has 21 heavy (non-hydrogen) atoms. The standard InChI is InChI=1S/C15H19NO4S/c1-11-9-20-13(8-18)7-16(11)15(19)12-6-14(21-10-12)4-2-3-5-17/h6,10-11,13,17-18H,3,5,7-9H2,1H3. The van der Waals surface area contributed by atoms with E-state index in [1.807, 2.05) is 6.92 Å². The number of ether oxygens (including phenoxy) is 1. The van der Waals surface area contributed by atoms with Crippen LogP contribution in [0.15, 0.2) is 11.4 Å². The molecule has 2 rings (SSSR count). The highest BCUT2D eigenvalue weighted by atomic mass is 32.1. The van der Waals surface area contributed by atoms with Crippen LogP contribution in [0.3, 0.4) is 0 Å². The molecule has 1 amide bonds.